The Labute approximate surface area is 100 Å². The monoisotopic (exact) mass is 216 g/mol. The minimum Gasteiger partial charge on any atom is -0.102 e. The number of rotatable bonds is 2. The molecule has 0 nitrogen and oxygen atoms in total. The molecule has 0 radical (unpaired) electrons. The molecule has 2 rings (SSSR count). The molecule has 0 fully saturated rings. The van der Waals surface area contributed by atoms with Crippen LogP contribution in [0.3, 0.4) is 0 Å². The molecule has 2 aliphatic rings. The summed E-state index contributed by atoms with van der Waals surface area (Å²) in [4.78, 5) is 0. The summed E-state index contributed by atoms with van der Waals surface area (Å²) in [6.07, 6.45) is 22.5. The van der Waals surface area contributed by atoms with Gasteiger partial charge in [-0.15, -0.1) is 6.58 Å². The van der Waals surface area contributed by atoms with E-state index in [0.29, 0.717) is 5.92 Å². The lowest BCUT2D eigenvalue weighted by molar-refractivity contribution is 0.307. The minimum absolute atomic E-state index is 0.261. The zero-order chi connectivity index (χ0) is 11.3. The third-order valence-electron chi connectivity index (χ3n) is 4.23. The number of hydrogen-bond donors (Lipinski definition) is 0. The number of allylic oxidation sites excluding steroid dienone is 5. The Morgan fingerprint density at radius 3 is 2.75 bits per heavy atom. The molecule has 0 amide bonds. The van der Waals surface area contributed by atoms with Crippen LogP contribution in [0.15, 0.2) is 37.0 Å². The van der Waals surface area contributed by atoms with Gasteiger partial charge in [-0.1, -0.05) is 43.2 Å². The second-order valence-electron chi connectivity index (χ2n) is 5.28. The van der Waals surface area contributed by atoms with Crippen LogP contribution in [-0.4, -0.2) is 0 Å². The van der Waals surface area contributed by atoms with Gasteiger partial charge in [0.25, 0.3) is 0 Å². The van der Waals surface area contributed by atoms with Crippen molar-refractivity contribution in [3.8, 4) is 0 Å². The summed E-state index contributed by atoms with van der Waals surface area (Å²) in [5, 5.41) is 0. The van der Waals surface area contributed by atoms with Crippen molar-refractivity contribution in [1.29, 1.82) is 0 Å². The van der Waals surface area contributed by atoms with Gasteiger partial charge >= 0.3 is 0 Å². The van der Waals surface area contributed by atoms with Crippen LogP contribution in [0.4, 0.5) is 0 Å². The zero-order valence-electron chi connectivity index (χ0n) is 10.3. The van der Waals surface area contributed by atoms with E-state index < -0.39 is 0 Å². The fourth-order valence-electron chi connectivity index (χ4n) is 3.14. The molecular weight excluding hydrogens is 192 g/mol. The molecule has 0 saturated heterocycles. The average Bonchev–Trinajstić information content (AvgIpc) is 2.72. The van der Waals surface area contributed by atoms with E-state index in [9.17, 15) is 0 Å². The van der Waals surface area contributed by atoms with E-state index in [4.69, 9.17) is 0 Å². The second kappa shape index (κ2) is 5.52. The SMILES string of the molecule is C=CC1(C2C=CCCCC2)C=CCCCC1. The maximum absolute atomic E-state index is 4.12. The highest BCUT2D eigenvalue weighted by atomic mass is 14.4. The van der Waals surface area contributed by atoms with Crippen LogP contribution in [0.1, 0.15) is 51.4 Å². The predicted octanol–water partition coefficient (Wildman–Crippen LogP) is 5.04. The quantitative estimate of drug-likeness (QED) is 0.567. The molecule has 2 unspecified atom stereocenters. The third-order valence-corrected chi connectivity index (χ3v) is 4.23. The first-order valence-electron chi connectivity index (χ1n) is 6.85. The van der Waals surface area contributed by atoms with Crippen molar-refractivity contribution < 1.29 is 0 Å². The van der Waals surface area contributed by atoms with Gasteiger partial charge in [-0.3, -0.25) is 0 Å². The van der Waals surface area contributed by atoms with Crippen molar-refractivity contribution >= 4 is 0 Å². The van der Waals surface area contributed by atoms with Gasteiger partial charge < -0.3 is 0 Å². The van der Waals surface area contributed by atoms with Crippen LogP contribution >= 0.6 is 0 Å². The maximum Gasteiger partial charge on any atom is 0.0121 e. The second-order valence-corrected chi connectivity index (χ2v) is 5.28. The molecule has 0 heteroatoms. The Balaban J connectivity index is 2.20. The molecule has 0 N–H and O–H groups in total. The highest BCUT2D eigenvalue weighted by Crippen LogP contribution is 2.42. The van der Waals surface area contributed by atoms with E-state index in [1.165, 1.54) is 51.4 Å². The van der Waals surface area contributed by atoms with Crippen LogP contribution in [0.25, 0.3) is 0 Å². The molecule has 0 aromatic heterocycles. The van der Waals surface area contributed by atoms with Crippen molar-refractivity contribution in [2.24, 2.45) is 11.3 Å². The summed E-state index contributed by atoms with van der Waals surface area (Å²) >= 11 is 0. The Bertz CT molecular complexity index is 284. The van der Waals surface area contributed by atoms with Crippen molar-refractivity contribution in [1.82, 2.24) is 0 Å². The molecule has 0 heterocycles. The van der Waals surface area contributed by atoms with E-state index in [1.807, 2.05) is 0 Å². The van der Waals surface area contributed by atoms with Crippen LogP contribution in [0, 0.1) is 11.3 Å². The van der Waals surface area contributed by atoms with Gasteiger partial charge in [-0.05, 0) is 44.4 Å². The predicted molar refractivity (Wildman–Crippen MR) is 71.3 cm³/mol. The third kappa shape index (κ3) is 2.48. The maximum atomic E-state index is 4.12. The molecule has 16 heavy (non-hydrogen) atoms. The normalized spacial score (nSPS) is 35.4. The van der Waals surface area contributed by atoms with E-state index in [0.717, 1.165) is 0 Å². The van der Waals surface area contributed by atoms with Crippen molar-refractivity contribution in [3.63, 3.8) is 0 Å². The fourth-order valence-corrected chi connectivity index (χ4v) is 3.14. The summed E-state index contributed by atoms with van der Waals surface area (Å²) < 4.78 is 0. The van der Waals surface area contributed by atoms with Crippen LogP contribution in [-0.2, 0) is 0 Å². The average molecular weight is 216 g/mol. The van der Waals surface area contributed by atoms with E-state index in [1.54, 1.807) is 0 Å². The largest absolute Gasteiger partial charge is 0.102 e. The molecule has 2 aliphatic carbocycles. The molecule has 0 bridgehead atoms. The van der Waals surface area contributed by atoms with E-state index in [2.05, 4.69) is 37.0 Å². The molecular formula is C16H24. The lowest BCUT2D eigenvalue weighted by Gasteiger charge is -2.33. The molecule has 88 valence electrons. The minimum atomic E-state index is 0.261. The van der Waals surface area contributed by atoms with Crippen molar-refractivity contribution in [2.45, 2.75) is 51.4 Å². The first kappa shape index (κ1) is 11.7. The van der Waals surface area contributed by atoms with Crippen LogP contribution < -0.4 is 0 Å². The first-order valence-corrected chi connectivity index (χ1v) is 6.85. The molecule has 0 aromatic rings. The molecule has 0 spiro atoms. The van der Waals surface area contributed by atoms with Crippen LogP contribution in [0.2, 0.25) is 0 Å². The van der Waals surface area contributed by atoms with E-state index >= 15 is 0 Å². The molecule has 0 aromatic carbocycles. The molecule has 2 atom stereocenters. The Morgan fingerprint density at radius 1 is 1.06 bits per heavy atom. The van der Waals surface area contributed by atoms with Gasteiger partial charge in [0.15, 0.2) is 0 Å². The van der Waals surface area contributed by atoms with Gasteiger partial charge in [0.05, 0.1) is 0 Å². The van der Waals surface area contributed by atoms with Gasteiger partial charge in [-0.2, -0.15) is 0 Å². The highest BCUT2D eigenvalue weighted by molar-refractivity contribution is 5.17. The summed E-state index contributed by atoms with van der Waals surface area (Å²) in [6.45, 7) is 4.12. The number of hydrogen-bond acceptors (Lipinski definition) is 0. The van der Waals surface area contributed by atoms with Gasteiger partial charge in [-0.25, -0.2) is 0 Å². The summed E-state index contributed by atoms with van der Waals surface area (Å²) in [5.41, 5.74) is 0.261. The first-order chi connectivity index (χ1) is 7.87. The molecule has 0 saturated carbocycles. The Morgan fingerprint density at radius 2 is 1.88 bits per heavy atom. The van der Waals surface area contributed by atoms with Crippen LogP contribution in [0.5, 0.6) is 0 Å². The van der Waals surface area contributed by atoms with Gasteiger partial charge in [0.2, 0.25) is 0 Å². The lowest BCUT2D eigenvalue weighted by Crippen LogP contribution is -2.24. The smallest absolute Gasteiger partial charge is 0.0121 e. The van der Waals surface area contributed by atoms with Crippen molar-refractivity contribution in [3.05, 3.63) is 37.0 Å². The van der Waals surface area contributed by atoms with Gasteiger partial charge in [0, 0.05) is 5.41 Å². The topological polar surface area (TPSA) is 0 Å². The Hall–Kier alpha value is -0.780. The molecule has 0 aliphatic heterocycles. The summed E-state index contributed by atoms with van der Waals surface area (Å²) in [7, 11) is 0. The standard InChI is InChI=1S/C16H24/c1-2-16(13-9-5-6-10-14-16)15-11-7-3-4-8-12-15/h2,7,9,11,13,15H,1,3-6,8,10,12,14H2. The van der Waals surface area contributed by atoms with Gasteiger partial charge in [0.1, 0.15) is 0 Å². The zero-order valence-corrected chi connectivity index (χ0v) is 10.3. The lowest BCUT2D eigenvalue weighted by atomic mass is 9.70. The fraction of sp³-hybridized carbons (Fsp3) is 0.625. The van der Waals surface area contributed by atoms with Crippen molar-refractivity contribution in [2.75, 3.05) is 0 Å². The van der Waals surface area contributed by atoms with E-state index in [-0.39, 0.29) is 5.41 Å². The summed E-state index contributed by atoms with van der Waals surface area (Å²) in [6, 6.07) is 0. The summed E-state index contributed by atoms with van der Waals surface area (Å²) in [5.74, 6) is 0.696. The highest BCUT2D eigenvalue weighted by Gasteiger charge is 2.32. The Kier molecular flexibility index (Phi) is 4.04.